The molecular formula is C5H12N2O2. The molecule has 0 radical (unpaired) electrons. The Labute approximate surface area is 54.8 Å². The fourth-order valence-electron chi connectivity index (χ4n) is 0.263. The van der Waals surface area contributed by atoms with Crippen molar-refractivity contribution >= 4 is 6.09 Å². The van der Waals surface area contributed by atoms with Crippen LogP contribution in [0.5, 0.6) is 0 Å². The normalized spacial score (nSPS) is 8.78. The molecule has 0 aromatic rings. The SMILES string of the molecule is CNCOC(=O)N(C)C. The van der Waals surface area contributed by atoms with Crippen molar-refractivity contribution in [1.29, 1.82) is 0 Å². The molecule has 0 rings (SSSR count). The summed E-state index contributed by atoms with van der Waals surface area (Å²) in [5, 5.41) is 2.68. The van der Waals surface area contributed by atoms with Gasteiger partial charge in [-0.1, -0.05) is 0 Å². The molecule has 1 amide bonds. The highest BCUT2D eigenvalue weighted by Gasteiger charge is 2.00. The quantitative estimate of drug-likeness (QED) is 0.532. The molecule has 4 heteroatoms. The van der Waals surface area contributed by atoms with E-state index in [-0.39, 0.29) is 12.8 Å². The minimum Gasteiger partial charge on any atom is -0.433 e. The van der Waals surface area contributed by atoms with Gasteiger partial charge in [0.1, 0.15) is 6.73 Å². The van der Waals surface area contributed by atoms with Crippen molar-refractivity contribution in [2.75, 3.05) is 27.9 Å². The van der Waals surface area contributed by atoms with Gasteiger partial charge in [0, 0.05) is 14.1 Å². The van der Waals surface area contributed by atoms with Crippen molar-refractivity contribution in [2.45, 2.75) is 0 Å². The molecule has 0 fully saturated rings. The predicted molar refractivity (Wildman–Crippen MR) is 34.1 cm³/mol. The first-order valence-corrected chi connectivity index (χ1v) is 2.67. The average Bonchev–Trinajstić information content (AvgIpc) is 1.82. The molecule has 9 heavy (non-hydrogen) atoms. The third-order valence-electron chi connectivity index (χ3n) is 0.705. The highest BCUT2D eigenvalue weighted by Crippen LogP contribution is 1.81. The van der Waals surface area contributed by atoms with Crippen LogP contribution in [0.15, 0.2) is 0 Å². The standard InChI is InChI=1S/C5H12N2O2/c1-6-4-9-5(8)7(2)3/h6H,4H2,1-3H3. The van der Waals surface area contributed by atoms with Crippen LogP contribution in [-0.4, -0.2) is 38.9 Å². The van der Waals surface area contributed by atoms with Crippen LogP contribution in [0, 0.1) is 0 Å². The number of hydrogen-bond donors (Lipinski definition) is 1. The molecular weight excluding hydrogens is 120 g/mol. The zero-order valence-electron chi connectivity index (χ0n) is 5.97. The van der Waals surface area contributed by atoms with Gasteiger partial charge in [-0.15, -0.1) is 0 Å². The van der Waals surface area contributed by atoms with Gasteiger partial charge in [0.2, 0.25) is 0 Å². The second-order valence-corrected chi connectivity index (χ2v) is 1.80. The first-order chi connectivity index (χ1) is 4.18. The summed E-state index contributed by atoms with van der Waals surface area (Å²) >= 11 is 0. The van der Waals surface area contributed by atoms with Crippen LogP contribution in [0.25, 0.3) is 0 Å². The zero-order chi connectivity index (χ0) is 7.28. The number of carbonyl (C=O) groups is 1. The van der Waals surface area contributed by atoms with Crippen LogP contribution >= 0.6 is 0 Å². The fourth-order valence-corrected chi connectivity index (χ4v) is 0.263. The van der Waals surface area contributed by atoms with Crippen molar-refractivity contribution in [3.63, 3.8) is 0 Å². The molecule has 0 heterocycles. The second-order valence-electron chi connectivity index (χ2n) is 1.80. The lowest BCUT2D eigenvalue weighted by Crippen LogP contribution is -2.26. The summed E-state index contributed by atoms with van der Waals surface area (Å²) in [7, 11) is 4.99. The number of carbonyl (C=O) groups excluding carboxylic acids is 1. The van der Waals surface area contributed by atoms with Gasteiger partial charge in [-0.3, -0.25) is 5.32 Å². The fraction of sp³-hybridized carbons (Fsp3) is 0.800. The van der Waals surface area contributed by atoms with Crippen molar-refractivity contribution < 1.29 is 9.53 Å². The smallest absolute Gasteiger partial charge is 0.410 e. The number of nitrogens with zero attached hydrogens (tertiary/aromatic N) is 1. The van der Waals surface area contributed by atoms with Crippen molar-refractivity contribution in [3.05, 3.63) is 0 Å². The van der Waals surface area contributed by atoms with E-state index >= 15 is 0 Å². The summed E-state index contributed by atoms with van der Waals surface area (Å²) in [6.45, 7) is 0.261. The predicted octanol–water partition coefficient (Wildman–Crippen LogP) is -0.139. The second kappa shape index (κ2) is 4.14. The lowest BCUT2D eigenvalue weighted by atomic mass is 10.9. The first-order valence-electron chi connectivity index (χ1n) is 2.67. The molecule has 0 aromatic heterocycles. The summed E-state index contributed by atoms with van der Waals surface area (Å²) in [6.07, 6.45) is -0.329. The molecule has 0 saturated carbocycles. The molecule has 0 bridgehead atoms. The summed E-state index contributed by atoms with van der Waals surface area (Å²) in [5.74, 6) is 0. The molecule has 4 nitrogen and oxygen atoms in total. The van der Waals surface area contributed by atoms with E-state index in [1.54, 1.807) is 21.1 Å². The van der Waals surface area contributed by atoms with Crippen LogP contribution in [0.4, 0.5) is 4.79 Å². The minimum absolute atomic E-state index is 0.261. The largest absolute Gasteiger partial charge is 0.433 e. The number of nitrogens with one attached hydrogen (secondary N) is 1. The van der Waals surface area contributed by atoms with E-state index in [0.29, 0.717) is 0 Å². The van der Waals surface area contributed by atoms with E-state index in [1.807, 2.05) is 0 Å². The van der Waals surface area contributed by atoms with Gasteiger partial charge < -0.3 is 9.64 Å². The summed E-state index contributed by atoms with van der Waals surface area (Å²) < 4.78 is 4.63. The van der Waals surface area contributed by atoms with Gasteiger partial charge in [-0.2, -0.15) is 0 Å². The Kier molecular flexibility index (Phi) is 3.79. The van der Waals surface area contributed by atoms with E-state index in [1.165, 1.54) is 4.90 Å². The van der Waals surface area contributed by atoms with E-state index in [2.05, 4.69) is 10.1 Å². The molecule has 0 aliphatic heterocycles. The zero-order valence-corrected chi connectivity index (χ0v) is 5.97. The number of rotatable bonds is 2. The Bertz CT molecular complexity index is 93.0. The Hall–Kier alpha value is -0.770. The molecule has 0 aromatic carbocycles. The van der Waals surface area contributed by atoms with Gasteiger partial charge in [0.15, 0.2) is 0 Å². The lowest BCUT2D eigenvalue weighted by molar-refractivity contribution is 0.113. The van der Waals surface area contributed by atoms with E-state index < -0.39 is 0 Å². The van der Waals surface area contributed by atoms with Gasteiger partial charge >= 0.3 is 6.09 Å². The van der Waals surface area contributed by atoms with E-state index in [9.17, 15) is 4.79 Å². The van der Waals surface area contributed by atoms with Crippen LogP contribution < -0.4 is 5.32 Å². The summed E-state index contributed by atoms with van der Waals surface area (Å²) in [5.41, 5.74) is 0. The van der Waals surface area contributed by atoms with Gasteiger partial charge in [-0.25, -0.2) is 4.79 Å². The van der Waals surface area contributed by atoms with Gasteiger partial charge in [0.25, 0.3) is 0 Å². The number of ether oxygens (including phenoxy) is 1. The van der Waals surface area contributed by atoms with E-state index in [4.69, 9.17) is 0 Å². The first kappa shape index (κ1) is 8.23. The van der Waals surface area contributed by atoms with Crippen LogP contribution in [-0.2, 0) is 4.74 Å². The molecule has 0 atom stereocenters. The Morgan fingerprint density at radius 1 is 1.67 bits per heavy atom. The topological polar surface area (TPSA) is 41.6 Å². The average molecular weight is 132 g/mol. The van der Waals surface area contributed by atoms with Crippen LogP contribution in [0.2, 0.25) is 0 Å². The Balaban J connectivity index is 3.28. The highest BCUT2D eigenvalue weighted by molar-refractivity contribution is 5.66. The van der Waals surface area contributed by atoms with Gasteiger partial charge in [-0.05, 0) is 7.05 Å². The molecule has 0 unspecified atom stereocenters. The Morgan fingerprint density at radius 2 is 2.22 bits per heavy atom. The maximum Gasteiger partial charge on any atom is 0.410 e. The molecule has 54 valence electrons. The minimum atomic E-state index is -0.329. The van der Waals surface area contributed by atoms with Gasteiger partial charge in [0.05, 0.1) is 0 Å². The highest BCUT2D eigenvalue weighted by atomic mass is 16.6. The van der Waals surface area contributed by atoms with Crippen LogP contribution in [0.1, 0.15) is 0 Å². The lowest BCUT2D eigenvalue weighted by Gasteiger charge is -2.09. The maximum atomic E-state index is 10.6. The van der Waals surface area contributed by atoms with Crippen molar-refractivity contribution in [3.8, 4) is 0 Å². The summed E-state index contributed by atoms with van der Waals surface area (Å²) in [4.78, 5) is 11.9. The maximum absolute atomic E-state index is 10.6. The Morgan fingerprint density at radius 3 is 2.56 bits per heavy atom. The summed E-state index contributed by atoms with van der Waals surface area (Å²) in [6, 6.07) is 0. The van der Waals surface area contributed by atoms with E-state index in [0.717, 1.165) is 0 Å². The monoisotopic (exact) mass is 132 g/mol. The van der Waals surface area contributed by atoms with Crippen molar-refractivity contribution in [2.24, 2.45) is 0 Å². The number of amides is 1. The number of hydrogen-bond acceptors (Lipinski definition) is 3. The molecule has 0 aliphatic carbocycles. The van der Waals surface area contributed by atoms with Crippen LogP contribution in [0.3, 0.4) is 0 Å². The molecule has 0 spiro atoms. The third-order valence-corrected chi connectivity index (χ3v) is 0.705. The molecule has 0 aliphatic rings. The molecule has 1 N–H and O–H groups in total. The third kappa shape index (κ3) is 3.78. The van der Waals surface area contributed by atoms with Crippen molar-refractivity contribution in [1.82, 2.24) is 10.2 Å². The molecule has 0 saturated heterocycles.